The summed E-state index contributed by atoms with van der Waals surface area (Å²) >= 11 is 0. The summed E-state index contributed by atoms with van der Waals surface area (Å²) in [4.78, 5) is 15.7. The van der Waals surface area contributed by atoms with Crippen LogP contribution in [0.4, 0.5) is 0 Å². The van der Waals surface area contributed by atoms with Gasteiger partial charge in [-0.1, -0.05) is 30.3 Å². The molecule has 0 atom stereocenters. The molecule has 6 nitrogen and oxygen atoms in total. The predicted octanol–water partition coefficient (Wildman–Crippen LogP) is 5.75. The molecular formula is C33H38N2O4. The average Bonchev–Trinajstić information content (AvgIpc) is 3.63. The number of amides is 1. The molecule has 1 saturated carbocycles. The molecule has 3 aromatic carbocycles. The van der Waals surface area contributed by atoms with Crippen LogP contribution in [0.25, 0.3) is 0 Å². The Kier molecular flexibility index (Phi) is 8.00. The first-order valence-electron chi connectivity index (χ1n) is 14.4. The van der Waals surface area contributed by atoms with Crippen molar-refractivity contribution in [2.45, 2.75) is 51.5 Å². The van der Waals surface area contributed by atoms with Gasteiger partial charge < -0.3 is 19.5 Å². The summed E-state index contributed by atoms with van der Waals surface area (Å²) in [7, 11) is 0. The molecule has 2 bridgehead atoms. The molecule has 1 N–H and O–H groups in total. The number of fused-ring (bicyclic) bond motifs is 4. The van der Waals surface area contributed by atoms with Crippen molar-refractivity contribution in [1.29, 1.82) is 0 Å². The van der Waals surface area contributed by atoms with Crippen molar-refractivity contribution in [3.8, 4) is 17.2 Å². The van der Waals surface area contributed by atoms with Crippen LogP contribution in [0.1, 0.15) is 64.7 Å². The lowest BCUT2D eigenvalue weighted by molar-refractivity contribution is 0.0954. The van der Waals surface area contributed by atoms with Crippen LogP contribution in [0.3, 0.4) is 0 Å². The first-order chi connectivity index (χ1) is 19.2. The molecule has 0 radical (unpaired) electrons. The van der Waals surface area contributed by atoms with Crippen molar-refractivity contribution in [3.63, 3.8) is 0 Å². The maximum absolute atomic E-state index is 13.1. The minimum Gasteiger partial charge on any atom is -0.493 e. The molecular weight excluding hydrogens is 488 g/mol. The van der Waals surface area contributed by atoms with Gasteiger partial charge in [0.2, 0.25) is 6.79 Å². The Labute approximate surface area is 231 Å². The van der Waals surface area contributed by atoms with Gasteiger partial charge in [-0.2, -0.15) is 0 Å². The number of benzene rings is 3. The smallest absolute Gasteiger partial charge is 0.251 e. The second-order valence-electron chi connectivity index (χ2n) is 11.1. The van der Waals surface area contributed by atoms with Crippen molar-refractivity contribution in [2.24, 2.45) is 5.92 Å². The van der Waals surface area contributed by atoms with Gasteiger partial charge in [-0.15, -0.1) is 0 Å². The Morgan fingerprint density at radius 2 is 1.74 bits per heavy atom. The third kappa shape index (κ3) is 6.93. The van der Waals surface area contributed by atoms with E-state index >= 15 is 0 Å². The summed E-state index contributed by atoms with van der Waals surface area (Å²) in [5.74, 6) is 3.25. The van der Waals surface area contributed by atoms with Crippen LogP contribution in [-0.4, -0.2) is 43.8 Å². The predicted molar refractivity (Wildman–Crippen MR) is 152 cm³/mol. The van der Waals surface area contributed by atoms with Crippen LogP contribution in [-0.2, 0) is 19.4 Å². The van der Waals surface area contributed by atoms with Gasteiger partial charge in [0.15, 0.2) is 11.5 Å². The fourth-order valence-electron chi connectivity index (χ4n) is 5.53. The van der Waals surface area contributed by atoms with E-state index in [0.717, 1.165) is 66.6 Å². The standard InChI is InChI=1S/C33H38N2O4/c36-33(34-14-13-24-9-11-31-32(19-24)39-23-38-31)28-10-12-30-29(20-28)18-26-5-4-6-27(17-26)22-35(21-25-7-8-25)15-2-1-3-16-37-30/h4-6,9-12,17,19-20,25H,1-3,7-8,13-16,18,21-23H2,(H,34,36). The quantitative estimate of drug-likeness (QED) is 0.443. The second kappa shape index (κ2) is 12.1. The number of nitrogens with one attached hydrogen (secondary N) is 1. The van der Waals surface area contributed by atoms with Crippen molar-refractivity contribution in [2.75, 3.05) is 33.0 Å². The van der Waals surface area contributed by atoms with Crippen LogP contribution in [0.5, 0.6) is 17.2 Å². The maximum Gasteiger partial charge on any atom is 0.251 e. The molecule has 1 amide bonds. The van der Waals surface area contributed by atoms with Gasteiger partial charge in [0, 0.05) is 31.6 Å². The third-order valence-electron chi connectivity index (χ3n) is 7.84. The maximum atomic E-state index is 13.1. The van der Waals surface area contributed by atoms with Crippen LogP contribution in [0.2, 0.25) is 0 Å². The number of ether oxygens (including phenoxy) is 3. The van der Waals surface area contributed by atoms with E-state index in [9.17, 15) is 4.79 Å². The topological polar surface area (TPSA) is 60.0 Å². The van der Waals surface area contributed by atoms with Crippen molar-refractivity contribution >= 4 is 5.91 Å². The third-order valence-corrected chi connectivity index (χ3v) is 7.84. The minimum absolute atomic E-state index is 0.0672. The fraction of sp³-hybridized carbons (Fsp3) is 0.424. The minimum atomic E-state index is -0.0672. The number of carbonyl (C=O) groups excluding carboxylic acids is 1. The summed E-state index contributed by atoms with van der Waals surface area (Å²) in [6, 6.07) is 20.7. The highest BCUT2D eigenvalue weighted by molar-refractivity contribution is 5.94. The van der Waals surface area contributed by atoms with Crippen LogP contribution >= 0.6 is 0 Å². The first kappa shape index (κ1) is 25.8. The molecule has 0 saturated heterocycles. The molecule has 2 aliphatic heterocycles. The zero-order valence-corrected chi connectivity index (χ0v) is 22.6. The Morgan fingerprint density at radius 1 is 0.872 bits per heavy atom. The molecule has 0 aromatic heterocycles. The van der Waals surface area contributed by atoms with Crippen LogP contribution in [0.15, 0.2) is 60.7 Å². The van der Waals surface area contributed by atoms with Gasteiger partial charge in [0.25, 0.3) is 5.91 Å². The number of hydrogen-bond donors (Lipinski definition) is 1. The zero-order valence-electron chi connectivity index (χ0n) is 22.6. The lowest BCUT2D eigenvalue weighted by atomic mass is 9.99. The Morgan fingerprint density at radius 3 is 2.67 bits per heavy atom. The van der Waals surface area contributed by atoms with Crippen molar-refractivity contribution in [3.05, 3.63) is 88.5 Å². The summed E-state index contributed by atoms with van der Waals surface area (Å²) in [6.07, 6.45) is 7.65. The van der Waals surface area contributed by atoms with E-state index in [1.165, 1.54) is 43.4 Å². The van der Waals surface area contributed by atoms with Gasteiger partial charge in [0.05, 0.1) is 6.61 Å². The lowest BCUT2D eigenvalue weighted by Crippen LogP contribution is -2.27. The normalized spacial score (nSPS) is 17.5. The van der Waals surface area contributed by atoms with E-state index in [4.69, 9.17) is 14.2 Å². The van der Waals surface area contributed by atoms with Gasteiger partial charge in [-0.25, -0.2) is 0 Å². The van der Waals surface area contributed by atoms with Crippen molar-refractivity contribution < 1.29 is 19.0 Å². The van der Waals surface area contributed by atoms with Gasteiger partial charge in [-0.05, 0) is 104 Å². The summed E-state index contributed by atoms with van der Waals surface area (Å²) < 4.78 is 17.1. The van der Waals surface area contributed by atoms with E-state index in [-0.39, 0.29) is 12.7 Å². The molecule has 1 aliphatic carbocycles. The monoisotopic (exact) mass is 526 g/mol. The molecule has 2 heterocycles. The van der Waals surface area contributed by atoms with Crippen molar-refractivity contribution in [1.82, 2.24) is 10.2 Å². The molecule has 0 unspecified atom stereocenters. The molecule has 204 valence electrons. The van der Waals surface area contributed by atoms with Crippen LogP contribution < -0.4 is 19.5 Å². The number of carbonyl (C=O) groups is 1. The summed E-state index contributed by atoms with van der Waals surface area (Å²) in [6.45, 7) is 4.91. The molecule has 39 heavy (non-hydrogen) atoms. The number of rotatable bonds is 6. The Balaban J connectivity index is 1.14. The van der Waals surface area contributed by atoms with E-state index in [1.807, 2.05) is 36.4 Å². The van der Waals surface area contributed by atoms with Crippen LogP contribution in [0, 0.1) is 5.92 Å². The molecule has 6 heteroatoms. The first-order valence-corrected chi connectivity index (χ1v) is 14.4. The zero-order chi connectivity index (χ0) is 26.4. The molecule has 0 spiro atoms. The second-order valence-corrected chi connectivity index (χ2v) is 11.1. The Bertz CT molecular complexity index is 1300. The van der Waals surface area contributed by atoms with Gasteiger partial charge >= 0.3 is 0 Å². The van der Waals surface area contributed by atoms with Gasteiger partial charge in [0.1, 0.15) is 5.75 Å². The van der Waals surface area contributed by atoms with E-state index in [1.54, 1.807) is 0 Å². The fourth-order valence-corrected chi connectivity index (χ4v) is 5.53. The highest BCUT2D eigenvalue weighted by Gasteiger charge is 2.24. The van der Waals surface area contributed by atoms with Gasteiger partial charge in [-0.3, -0.25) is 9.69 Å². The summed E-state index contributed by atoms with van der Waals surface area (Å²) in [5.41, 5.74) is 5.44. The van der Waals surface area contributed by atoms with E-state index in [2.05, 4.69) is 34.5 Å². The average molecular weight is 527 g/mol. The molecule has 6 rings (SSSR count). The van der Waals surface area contributed by atoms with E-state index in [0.29, 0.717) is 18.7 Å². The molecule has 1 fully saturated rings. The largest absolute Gasteiger partial charge is 0.493 e. The molecule has 3 aliphatic rings. The van der Waals surface area contributed by atoms with E-state index < -0.39 is 0 Å². The Hall–Kier alpha value is -3.51. The highest BCUT2D eigenvalue weighted by atomic mass is 16.7. The highest BCUT2D eigenvalue weighted by Crippen LogP contribution is 2.33. The SMILES string of the molecule is O=C(NCCc1ccc2c(c1)OCO2)c1ccc2c(c1)Cc1cccc(c1)CN(CC1CC1)CCCCCO2. The lowest BCUT2D eigenvalue weighted by Gasteiger charge is -2.23. The number of nitrogens with zero attached hydrogens (tertiary/aromatic N) is 1. The summed E-state index contributed by atoms with van der Waals surface area (Å²) in [5, 5.41) is 3.08. The molecule has 3 aromatic rings. The number of hydrogen-bond acceptors (Lipinski definition) is 5.